The highest BCUT2D eigenvalue weighted by Crippen LogP contribution is 2.35. The third kappa shape index (κ3) is 1.80. The molecular formula is C14H9F3N2O. The third-order valence-electron chi connectivity index (χ3n) is 3.18. The van der Waals surface area contributed by atoms with E-state index in [2.05, 4.69) is 4.98 Å². The number of aromatic amines is 1. The van der Waals surface area contributed by atoms with Crippen molar-refractivity contribution in [2.75, 3.05) is 5.73 Å². The molecule has 0 aliphatic carbocycles. The summed E-state index contributed by atoms with van der Waals surface area (Å²) in [6.45, 7) is 0. The first-order chi connectivity index (χ1) is 9.38. The lowest BCUT2D eigenvalue weighted by molar-refractivity contribution is -0.136. The topological polar surface area (TPSA) is 58.9 Å². The number of H-pyrrole nitrogens is 1. The minimum absolute atomic E-state index is 0.121. The number of nitrogen functional groups attached to an aromatic ring is 1. The summed E-state index contributed by atoms with van der Waals surface area (Å²) in [5.74, 6) is 0. The van der Waals surface area contributed by atoms with E-state index in [-0.39, 0.29) is 16.3 Å². The summed E-state index contributed by atoms with van der Waals surface area (Å²) in [6, 6.07) is 8.59. The average Bonchev–Trinajstić information content (AvgIpc) is 2.38. The molecule has 3 rings (SSSR count). The zero-order valence-corrected chi connectivity index (χ0v) is 10.1. The number of rotatable bonds is 0. The van der Waals surface area contributed by atoms with Gasteiger partial charge < -0.3 is 10.7 Å². The molecule has 102 valence electrons. The van der Waals surface area contributed by atoms with Crippen LogP contribution in [0.3, 0.4) is 0 Å². The number of hydrogen-bond donors (Lipinski definition) is 2. The van der Waals surface area contributed by atoms with Crippen LogP contribution in [0.25, 0.3) is 21.8 Å². The molecule has 3 nitrogen and oxygen atoms in total. The maximum Gasteiger partial charge on any atom is 0.418 e. The molecule has 0 spiro atoms. The van der Waals surface area contributed by atoms with E-state index in [4.69, 9.17) is 5.73 Å². The van der Waals surface area contributed by atoms with Crippen molar-refractivity contribution in [3.05, 3.63) is 52.2 Å². The molecule has 0 aliphatic rings. The number of nitrogens with two attached hydrogens (primary N) is 1. The molecule has 6 heteroatoms. The van der Waals surface area contributed by atoms with Gasteiger partial charge in [-0.15, -0.1) is 0 Å². The van der Waals surface area contributed by atoms with Crippen molar-refractivity contribution in [2.24, 2.45) is 0 Å². The molecule has 0 amide bonds. The van der Waals surface area contributed by atoms with Crippen molar-refractivity contribution in [3.63, 3.8) is 0 Å². The molecular weight excluding hydrogens is 269 g/mol. The van der Waals surface area contributed by atoms with Gasteiger partial charge in [0.25, 0.3) is 0 Å². The number of benzene rings is 2. The normalized spacial score (nSPS) is 12.2. The van der Waals surface area contributed by atoms with Crippen LogP contribution in [0, 0.1) is 0 Å². The zero-order chi connectivity index (χ0) is 14.5. The number of nitrogens with one attached hydrogen (secondary N) is 1. The second-order valence-electron chi connectivity index (χ2n) is 4.48. The summed E-state index contributed by atoms with van der Waals surface area (Å²) in [7, 11) is 0. The summed E-state index contributed by atoms with van der Waals surface area (Å²) in [5, 5.41) is 0.563. The monoisotopic (exact) mass is 278 g/mol. The fourth-order valence-corrected chi connectivity index (χ4v) is 2.23. The first-order valence-corrected chi connectivity index (χ1v) is 5.79. The zero-order valence-electron chi connectivity index (χ0n) is 10.1. The molecule has 0 saturated heterocycles. The van der Waals surface area contributed by atoms with Crippen LogP contribution in [0.15, 0.2) is 41.2 Å². The predicted molar refractivity (Wildman–Crippen MR) is 71.5 cm³/mol. The highest BCUT2D eigenvalue weighted by Gasteiger charge is 2.33. The average molecular weight is 278 g/mol. The Bertz CT molecular complexity index is 881. The van der Waals surface area contributed by atoms with Gasteiger partial charge in [-0.1, -0.05) is 12.1 Å². The largest absolute Gasteiger partial charge is 0.418 e. The van der Waals surface area contributed by atoms with E-state index in [0.717, 1.165) is 12.1 Å². The van der Waals surface area contributed by atoms with Crippen LogP contribution in [0.1, 0.15) is 5.56 Å². The van der Waals surface area contributed by atoms with Crippen molar-refractivity contribution in [1.82, 2.24) is 4.98 Å². The van der Waals surface area contributed by atoms with E-state index in [1.165, 1.54) is 0 Å². The Labute approximate surface area is 110 Å². The quantitative estimate of drug-likeness (QED) is 0.489. The van der Waals surface area contributed by atoms with Gasteiger partial charge in [0.2, 0.25) is 0 Å². The second kappa shape index (κ2) is 4.00. The van der Waals surface area contributed by atoms with Crippen LogP contribution in [0.4, 0.5) is 18.9 Å². The number of halogens is 3. The number of anilines is 1. The molecule has 1 heterocycles. The first kappa shape index (κ1) is 12.5. The molecule has 3 N–H and O–H groups in total. The minimum Gasteiger partial charge on any atom is -0.398 e. The minimum atomic E-state index is -4.55. The van der Waals surface area contributed by atoms with Gasteiger partial charge in [-0.3, -0.25) is 4.79 Å². The first-order valence-electron chi connectivity index (χ1n) is 5.79. The molecule has 20 heavy (non-hydrogen) atoms. The number of pyridine rings is 1. The Morgan fingerprint density at radius 1 is 1.00 bits per heavy atom. The molecule has 0 unspecified atom stereocenters. The van der Waals surface area contributed by atoms with Crippen LogP contribution in [-0.2, 0) is 6.18 Å². The summed E-state index contributed by atoms with van der Waals surface area (Å²) in [6.07, 6.45) is -4.55. The molecule has 0 aliphatic heterocycles. The van der Waals surface area contributed by atoms with Gasteiger partial charge in [0.15, 0.2) is 5.43 Å². The lowest BCUT2D eigenvalue weighted by atomic mass is 10.1. The lowest BCUT2D eigenvalue weighted by Gasteiger charge is -2.11. The van der Waals surface area contributed by atoms with Gasteiger partial charge >= 0.3 is 6.18 Å². The van der Waals surface area contributed by atoms with E-state index in [1.807, 2.05) is 0 Å². The Morgan fingerprint density at radius 2 is 1.70 bits per heavy atom. The predicted octanol–water partition coefficient (Wildman–Crippen LogP) is 3.28. The van der Waals surface area contributed by atoms with Crippen LogP contribution in [0.5, 0.6) is 0 Å². The standard InChI is InChI=1S/C14H9F3N2O/c15-14(16,17)9-6-12-8(5-10(9)18)13(20)7-3-1-2-4-11(7)19-12/h1-6H,18H2,(H,19,20). The molecule has 0 saturated carbocycles. The number of alkyl halides is 3. The Hall–Kier alpha value is -2.50. The third-order valence-corrected chi connectivity index (χ3v) is 3.18. The van der Waals surface area contributed by atoms with Gasteiger partial charge in [0.05, 0.1) is 11.1 Å². The molecule has 0 bridgehead atoms. The Kier molecular flexibility index (Phi) is 2.50. The molecule has 0 atom stereocenters. The number of fused-ring (bicyclic) bond motifs is 2. The molecule has 0 radical (unpaired) electrons. The van der Waals surface area contributed by atoms with E-state index in [1.54, 1.807) is 24.3 Å². The molecule has 3 aromatic rings. The SMILES string of the molecule is Nc1cc2c(=O)c3ccccc3[nH]c2cc1C(F)(F)F. The summed E-state index contributed by atoms with van der Waals surface area (Å²) in [4.78, 5) is 15.1. The van der Waals surface area contributed by atoms with Crippen molar-refractivity contribution in [1.29, 1.82) is 0 Å². The Balaban J connectivity index is 2.47. The lowest BCUT2D eigenvalue weighted by Crippen LogP contribution is -2.11. The number of hydrogen-bond acceptors (Lipinski definition) is 2. The van der Waals surface area contributed by atoms with Gasteiger partial charge in [-0.05, 0) is 24.3 Å². The molecule has 1 aromatic heterocycles. The van der Waals surface area contributed by atoms with E-state index < -0.39 is 17.4 Å². The van der Waals surface area contributed by atoms with Gasteiger partial charge in [0, 0.05) is 22.0 Å². The van der Waals surface area contributed by atoms with Crippen LogP contribution < -0.4 is 11.2 Å². The highest BCUT2D eigenvalue weighted by atomic mass is 19.4. The van der Waals surface area contributed by atoms with Crippen LogP contribution in [0.2, 0.25) is 0 Å². The van der Waals surface area contributed by atoms with Gasteiger partial charge in [-0.2, -0.15) is 13.2 Å². The van der Waals surface area contributed by atoms with Crippen molar-refractivity contribution >= 4 is 27.5 Å². The maximum absolute atomic E-state index is 12.8. The van der Waals surface area contributed by atoms with E-state index in [0.29, 0.717) is 10.9 Å². The van der Waals surface area contributed by atoms with Crippen molar-refractivity contribution < 1.29 is 13.2 Å². The fourth-order valence-electron chi connectivity index (χ4n) is 2.23. The van der Waals surface area contributed by atoms with Crippen molar-refractivity contribution in [2.45, 2.75) is 6.18 Å². The highest BCUT2D eigenvalue weighted by molar-refractivity contribution is 5.94. The van der Waals surface area contributed by atoms with E-state index >= 15 is 0 Å². The fraction of sp³-hybridized carbons (Fsp3) is 0.0714. The molecule has 2 aromatic carbocycles. The van der Waals surface area contributed by atoms with Crippen molar-refractivity contribution in [3.8, 4) is 0 Å². The summed E-state index contributed by atoms with van der Waals surface area (Å²) in [5.41, 5.74) is 4.28. The van der Waals surface area contributed by atoms with Gasteiger partial charge in [-0.25, -0.2) is 0 Å². The van der Waals surface area contributed by atoms with Crippen LogP contribution in [-0.4, -0.2) is 4.98 Å². The van der Waals surface area contributed by atoms with Crippen LogP contribution >= 0.6 is 0 Å². The number of aromatic nitrogens is 1. The molecule has 0 fully saturated rings. The second-order valence-corrected chi connectivity index (χ2v) is 4.48. The number of para-hydroxylation sites is 1. The van der Waals surface area contributed by atoms with E-state index in [9.17, 15) is 18.0 Å². The summed E-state index contributed by atoms with van der Waals surface area (Å²) < 4.78 is 38.5. The maximum atomic E-state index is 12.8. The summed E-state index contributed by atoms with van der Waals surface area (Å²) >= 11 is 0. The van der Waals surface area contributed by atoms with Gasteiger partial charge in [0.1, 0.15) is 0 Å². The Morgan fingerprint density at radius 3 is 2.40 bits per heavy atom. The smallest absolute Gasteiger partial charge is 0.398 e.